The highest BCUT2D eigenvalue weighted by molar-refractivity contribution is 6.41. The Bertz CT molecular complexity index is 1540. The number of halogens is 2. The minimum absolute atomic E-state index is 0.00699. The van der Waals surface area contributed by atoms with Crippen molar-refractivity contribution in [2.24, 2.45) is 5.92 Å². The molecule has 0 aromatic heterocycles. The second-order valence-electron chi connectivity index (χ2n) is 9.53. The first-order valence-corrected chi connectivity index (χ1v) is 13.2. The van der Waals surface area contributed by atoms with Gasteiger partial charge in [-0.05, 0) is 73.7 Å². The molecule has 0 radical (unpaired) electrons. The number of hydrogen-bond acceptors (Lipinski definition) is 6. The summed E-state index contributed by atoms with van der Waals surface area (Å²) in [7, 11) is 0. The molecule has 5 rings (SSSR count). The number of carboxylic acid groups (broad SMARTS) is 1. The number of carboxylic acids is 1. The number of nitrogens with zero attached hydrogens (tertiary/aromatic N) is 1. The lowest BCUT2D eigenvalue weighted by Crippen LogP contribution is -2.17. The smallest absolute Gasteiger partial charge is 0.335 e. The monoisotopic (exact) mass is 562 g/mol. The quantitative estimate of drug-likeness (QED) is 0.195. The molecule has 3 N–H and O–H groups in total. The Labute approximate surface area is 235 Å². The number of hydrogen-bond donors (Lipinski definition) is 3. The summed E-state index contributed by atoms with van der Waals surface area (Å²) in [6, 6.07) is 17.0. The van der Waals surface area contributed by atoms with E-state index in [1.54, 1.807) is 48.5 Å². The van der Waals surface area contributed by atoms with Crippen molar-refractivity contribution in [3.63, 3.8) is 0 Å². The Morgan fingerprint density at radius 2 is 1.82 bits per heavy atom. The van der Waals surface area contributed by atoms with Crippen molar-refractivity contribution < 1.29 is 24.5 Å². The molecular formula is C30H24Cl2N2O5. The number of nitriles is 1. The molecule has 39 heavy (non-hydrogen) atoms. The van der Waals surface area contributed by atoms with Crippen LogP contribution in [0.4, 0.5) is 0 Å². The van der Waals surface area contributed by atoms with Gasteiger partial charge in [-0.15, -0.1) is 0 Å². The first kappa shape index (κ1) is 26.6. The third-order valence-corrected chi connectivity index (χ3v) is 7.55. The number of fused-ring (bicyclic) bond motifs is 1. The third kappa shape index (κ3) is 5.58. The van der Waals surface area contributed by atoms with Crippen LogP contribution in [0.2, 0.25) is 10.0 Å². The highest BCUT2D eigenvalue weighted by Crippen LogP contribution is 2.39. The van der Waals surface area contributed by atoms with E-state index in [9.17, 15) is 20.3 Å². The van der Waals surface area contributed by atoms with Crippen LogP contribution in [0.3, 0.4) is 0 Å². The number of allylic oxidation sites excluding steroid dienone is 1. The van der Waals surface area contributed by atoms with Gasteiger partial charge in [-0.3, -0.25) is 5.41 Å². The molecule has 1 fully saturated rings. The van der Waals surface area contributed by atoms with Crippen molar-refractivity contribution in [2.75, 3.05) is 6.61 Å². The van der Waals surface area contributed by atoms with Crippen molar-refractivity contribution in [2.45, 2.75) is 31.8 Å². The number of aryl methyl sites for hydroxylation is 1. The number of carbonyl (C=O) groups is 1. The number of aliphatic hydroxyl groups is 1. The van der Waals surface area contributed by atoms with E-state index in [1.807, 2.05) is 0 Å². The third-order valence-electron chi connectivity index (χ3n) is 6.92. The van der Waals surface area contributed by atoms with Crippen LogP contribution in [-0.4, -0.2) is 28.5 Å². The summed E-state index contributed by atoms with van der Waals surface area (Å²) in [6.07, 6.45) is 2.48. The van der Waals surface area contributed by atoms with E-state index >= 15 is 0 Å². The Morgan fingerprint density at radius 1 is 1.08 bits per heavy atom. The number of aliphatic hydroxyl groups excluding tert-OH is 1. The van der Waals surface area contributed by atoms with E-state index in [-0.39, 0.29) is 35.7 Å². The molecule has 1 unspecified atom stereocenters. The van der Waals surface area contributed by atoms with Crippen LogP contribution >= 0.6 is 23.2 Å². The zero-order chi connectivity index (χ0) is 27.7. The number of aromatic carboxylic acids is 1. The van der Waals surface area contributed by atoms with Crippen LogP contribution < -0.4 is 9.47 Å². The SMILES string of the molecule is N#Cc1cc(OC/C(C(=N)c2c(Cl)cccc2Cl)=C(/O)C2CC2)ccc1C1CCc2cc(C(=O)O)ccc2O1. The fourth-order valence-electron chi connectivity index (χ4n) is 4.66. The number of benzene rings is 3. The zero-order valence-electron chi connectivity index (χ0n) is 20.7. The summed E-state index contributed by atoms with van der Waals surface area (Å²) < 4.78 is 12.1. The second kappa shape index (κ2) is 11.0. The van der Waals surface area contributed by atoms with Gasteiger partial charge < -0.3 is 19.7 Å². The fourth-order valence-corrected chi connectivity index (χ4v) is 5.25. The lowest BCUT2D eigenvalue weighted by molar-refractivity contribution is 0.0696. The molecule has 1 saturated carbocycles. The molecule has 0 spiro atoms. The maximum absolute atomic E-state index is 11.3. The van der Waals surface area contributed by atoms with Gasteiger partial charge >= 0.3 is 5.97 Å². The standard InChI is InChI=1S/C30H24Cl2N2O5/c31-23-2-1-3-24(32)27(23)28(34)22(29(35)16-4-5-16)15-38-20-8-9-21(19(13-20)14-33)26-11-6-17-12-18(30(36)37)7-10-25(17)39-26/h1-3,7-10,12-13,16,26,34-35H,4-6,11,15H2,(H,36,37)/b29-22-,34-28?. The normalized spacial score (nSPS) is 16.8. The van der Waals surface area contributed by atoms with Crippen molar-refractivity contribution in [3.8, 4) is 17.6 Å². The van der Waals surface area contributed by atoms with E-state index < -0.39 is 5.97 Å². The number of ether oxygens (including phenoxy) is 2. The summed E-state index contributed by atoms with van der Waals surface area (Å²) >= 11 is 12.7. The van der Waals surface area contributed by atoms with Gasteiger partial charge in [-0.1, -0.05) is 35.3 Å². The number of nitrogens with one attached hydrogen (secondary N) is 1. The molecule has 1 aliphatic carbocycles. The maximum Gasteiger partial charge on any atom is 0.335 e. The van der Waals surface area contributed by atoms with Gasteiger partial charge in [0, 0.05) is 17.0 Å². The summed E-state index contributed by atoms with van der Waals surface area (Å²) in [6.45, 7) is -0.105. The lowest BCUT2D eigenvalue weighted by atomic mass is 9.93. The molecule has 3 aromatic carbocycles. The summed E-state index contributed by atoms with van der Waals surface area (Å²) in [5.74, 6) is 0.0729. The lowest BCUT2D eigenvalue weighted by Gasteiger charge is -2.27. The van der Waals surface area contributed by atoms with Crippen LogP contribution in [0, 0.1) is 22.7 Å². The molecule has 9 heteroatoms. The minimum Gasteiger partial charge on any atom is -0.512 e. The van der Waals surface area contributed by atoms with E-state index in [1.165, 1.54) is 6.07 Å². The molecule has 1 aliphatic heterocycles. The predicted octanol–water partition coefficient (Wildman–Crippen LogP) is 7.30. The summed E-state index contributed by atoms with van der Waals surface area (Å²) in [4.78, 5) is 11.3. The summed E-state index contributed by atoms with van der Waals surface area (Å²) in [5, 5.41) is 39.3. The molecule has 1 heterocycles. The Kier molecular flexibility index (Phi) is 7.51. The molecule has 3 aromatic rings. The van der Waals surface area contributed by atoms with Crippen LogP contribution in [0.15, 0.2) is 65.9 Å². The Morgan fingerprint density at radius 3 is 2.49 bits per heavy atom. The largest absolute Gasteiger partial charge is 0.512 e. The molecule has 2 aliphatic rings. The Hall–Kier alpha value is -3.99. The average molecular weight is 563 g/mol. The van der Waals surface area contributed by atoms with Gasteiger partial charge in [0.05, 0.1) is 38.5 Å². The maximum atomic E-state index is 11.3. The minimum atomic E-state index is -0.990. The van der Waals surface area contributed by atoms with E-state index in [0.717, 1.165) is 18.4 Å². The van der Waals surface area contributed by atoms with Crippen molar-refractivity contribution in [1.82, 2.24) is 0 Å². The average Bonchev–Trinajstić information content (AvgIpc) is 3.78. The first-order chi connectivity index (χ1) is 18.8. The van der Waals surface area contributed by atoms with Crippen molar-refractivity contribution in [1.29, 1.82) is 10.7 Å². The Balaban J connectivity index is 1.36. The van der Waals surface area contributed by atoms with E-state index in [4.69, 9.17) is 38.1 Å². The molecule has 198 valence electrons. The first-order valence-electron chi connectivity index (χ1n) is 12.4. The van der Waals surface area contributed by atoms with E-state index in [2.05, 4.69) is 6.07 Å². The van der Waals surface area contributed by atoms with Gasteiger partial charge in [-0.25, -0.2) is 4.79 Å². The predicted molar refractivity (Wildman–Crippen MR) is 147 cm³/mol. The molecule has 0 bridgehead atoms. The fraction of sp³-hybridized carbons (Fsp3) is 0.233. The van der Waals surface area contributed by atoms with Crippen molar-refractivity contribution in [3.05, 3.63) is 104 Å². The van der Waals surface area contributed by atoms with Gasteiger partial charge in [0.2, 0.25) is 0 Å². The highest BCUT2D eigenvalue weighted by Gasteiger charge is 2.31. The zero-order valence-corrected chi connectivity index (χ0v) is 22.2. The van der Waals surface area contributed by atoms with Crippen LogP contribution in [0.5, 0.6) is 11.5 Å². The molecule has 0 saturated heterocycles. The molecule has 1 atom stereocenters. The van der Waals surface area contributed by atoms with Gasteiger partial charge in [0.15, 0.2) is 0 Å². The van der Waals surface area contributed by atoms with Crippen LogP contribution in [-0.2, 0) is 6.42 Å². The van der Waals surface area contributed by atoms with Crippen molar-refractivity contribution >= 4 is 34.9 Å². The van der Waals surface area contributed by atoms with Crippen LogP contribution in [0.25, 0.3) is 0 Å². The molecular weight excluding hydrogens is 539 g/mol. The summed E-state index contributed by atoms with van der Waals surface area (Å²) in [5.41, 5.74) is 2.72. The topological polar surface area (TPSA) is 124 Å². The van der Waals surface area contributed by atoms with Gasteiger partial charge in [0.25, 0.3) is 0 Å². The van der Waals surface area contributed by atoms with E-state index in [0.29, 0.717) is 56.6 Å². The van der Waals surface area contributed by atoms with Gasteiger partial charge in [-0.2, -0.15) is 5.26 Å². The number of rotatable bonds is 8. The second-order valence-corrected chi connectivity index (χ2v) is 10.3. The molecule has 7 nitrogen and oxygen atoms in total. The van der Waals surface area contributed by atoms with Crippen LogP contribution in [0.1, 0.15) is 58.0 Å². The van der Waals surface area contributed by atoms with Gasteiger partial charge in [0.1, 0.15) is 30.0 Å². The molecule has 0 amide bonds. The highest BCUT2D eigenvalue weighted by atomic mass is 35.5.